The maximum atomic E-state index is 11.8. The zero-order chi connectivity index (χ0) is 16.7. The van der Waals surface area contributed by atoms with E-state index in [1.54, 1.807) is 13.1 Å². The van der Waals surface area contributed by atoms with Crippen LogP contribution in [0.2, 0.25) is 0 Å². The summed E-state index contributed by atoms with van der Waals surface area (Å²) in [7, 11) is 1.55. The number of hydrogen-bond donors (Lipinski definition) is 2. The van der Waals surface area contributed by atoms with E-state index in [1.165, 1.54) is 0 Å². The van der Waals surface area contributed by atoms with E-state index in [9.17, 15) is 4.79 Å². The molecule has 1 amide bonds. The Morgan fingerprint density at radius 2 is 2.04 bits per heavy atom. The van der Waals surface area contributed by atoms with Gasteiger partial charge in [0, 0.05) is 12.6 Å². The molecule has 122 valence electrons. The van der Waals surface area contributed by atoms with E-state index in [-0.39, 0.29) is 17.5 Å². The van der Waals surface area contributed by atoms with Crippen LogP contribution in [0.1, 0.15) is 36.7 Å². The van der Waals surface area contributed by atoms with Crippen molar-refractivity contribution < 1.29 is 9.53 Å². The van der Waals surface area contributed by atoms with Gasteiger partial charge in [0.15, 0.2) is 0 Å². The van der Waals surface area contributed by atoms with Gasteiger partial charge in [0.05, 0.1) is 12.3 Å². The number of carbonyl (C=O) groups excluding carboxylic acids is 1. The van der Waals surface area contributed by atoms with E-state index in [0.717, 1.165) is 30.6 Å². The van der Waals surface area contributed by atoms with Gasteiger partial charge in [-0.3, -0.25) is 4.79 Å². The summed E-state index contributed by atoms with van der Waals surface area (Å²) >= 11 is 0. The number of nitrogens with zero attached hydrogens (tertiary/aromatic N) is 2. The third-order valence-corrected chi connectivity index (χ3v) is 3.37. The van der Waals surface area contributed by atoms with Crippen molar-refractivity contribution in [2.75, 3.05) is 19.4 Å². The lowest BCUT2D eigenvalue weighted by atomic mass is 10.1. The number of benzene rings is 1. The van der Waals surface area contributed by atoms with E-state index in [4.69, 9.17) is 10.5 Å². The molecule has 6 heteroatoms. The number of carbonyl (C=O) groups is 1. The number of hydrogen-bond acceptors (Lipinski definition) is 5. The van der Waals surface area contributed by atoms with Crippen LogP contribution < -0.4 is 15.8 Å². The highest BCUT2D eigenvalue weighted by Gasteiger charge is 2.13. The number of para-hydroxylation sites is 1. The monoisotopic (exact) mass is 314 g/mol. The number of nitrogens with two attached hydrogens (primary N) is 1. The van der Waals surface area contributed by atoms with E-state index in [0.29, 0.717) is 12.3 Å². The van der Waals surface area contributed by atoms with Crippen LogP contribution in [0.15, 0.2) is 30.3 Å². The van der Waals surface area contributed by atoms with Crippen LogP contribution in [0.5, 0.6) is 5.75 Å². The third kappa shape index (κ3) is 4.42. The number of aromatic nitrogens is 2. The number of nitrogen functional groups attached to an aromatic ring is 1. The Labute approximate surface area is 136 Å². The molecule has 0 aliphatic rings. The predicted octanol–water partition coefficient (Wildman–Crippen LogP) is 2.65. The highest BCUT2D eigenvalue weighted by molar-refractivity contribution is 5.93. The van der Waals surface area contributed by atoms with Crippen LogP contribution in [0.25, 0.3) is 11.3 Å². The summed E-state index contributed by atoms with van der Waals surface area (Å²) in [6, 6.07) is 9.20. The lowest BCUT2D eigenvalue weighted by Crippen LogP contribution is -2.20. The molecule has 6 nitrogen and oxygen atoms in total. The van der Waals surface area contributed by atoms with Crippen LogP contribution in [0.3, 0.4) is 0 Å². The number of anilines is 1. The van der Waals surface area contributed by atoms with Crippen LogP contribution in [-0.4, -0.2) is 29.5 Å². The smallest absolute Gasteiger partial charge is 0.269 e. The number of ether oxygens (including phenoxy) is 1. The van der Waals surface area contributed by atoms with Crippen molar-refractivity contribution in [3.63, 3.8) is 0 Å². The van der Waals surface area contributed by atoms with Gasteiger partial charge < -0.3 is 15.8 Å². The first kappa shape index (κ1) is 16.7. The molecule has 0 fully saturated rings. The summed E-state index contributed by atoms with van der Waals surface area (Å²) in [6.45, 7) is 2.80. The summed E-state index contributed by atoms with van der Waals surface area (Å²) in [5, 5.41) is 2.53. The van der Waals surface area contributed by atoms with Crippen molar-refractivity contribution >= 4 is 11.9 Å². The minimum absolute atomic E-state index is 0.0573. The summed E-state index contributed by atoms with van der Waals surface area (Å²) in [4.78, 5) is 20.0. The number of nitrogens with one attached hydrogen (secondary N) is 1. The van der Waals surface area contributed by atoms with Gasteiger partial charge in [-0.25, -0.2) is 9.97 Å². The molecule has 0 aliphatic heterocycles. The minimum atomic E-state index is -0.304. The molecule has 3 N–H and O–H groups in total. The number of unbranched alkanes of at least 4 members (excludes halogenated alkanes) is 2. The minimum Gasteiger partial charge on any atom is -0.493 e. The molecule has 2 rings (SSSR count). The SMILES string of the molecule is CCCCCOc1ccccc1-c1cc(C(=O)NC)nc(N)n1. The van der Waals surface area contributed by atoms with Crippen molar-refractivity contribution in [3.05, 3.63) is 36.0 Å². The van der Waals surface area contributed by atoms with Gasteiger partial charge in [-0.05, 0) is 24.6 Å². The van der Waals surface area contributed by atoms with Crippen LogP contribution >= 0.6 is 0 Å². The quantitative estimate of drug-likeness (QED) is 0.767. The molecule has 0 saturated heterocycles. The van der Waals surface area contributed by atoms with E-state index in [1.807, 2.05) is 24.3 Å². The van der Waals surface area contributed by atoms with E-state index in [2.05, 4.69) is 22.2 Å². The molecule has 1 aromatic heterocycles. The predicted molar refractivity (Wildman–Crippen MR) is 90.3 cm³/mol. The summed E-state index contributed by atoms with van der Waals surface area (Å²) in [6.07, 6.45) is 3.27. The standard InChI is InChI=1S/C17H22N4O2/c1-3-4-7-10-23-15-9-6-5-8-12(15)13-11-14(16(22)19-2)21-17(18)20-13/h5-6,8-9,11H,3-4,7,10H2,1-2H3,(H,19,22)(H2,18,20,21). The van der Waals surface area contributed by atoms with Crippen molar-refractivity contribution in [1.29, 1.82) is 0 Å². The van der Waals surface area contributed by atoms with Crippen molar-refractivity contribution in [1.82, 2.24) is 15.3 Å². The van der Waals surface area contributed by atoms with Gasteiger partial charge in [-0.15, -0.1) is 0 Å². The van der Waals surface area contributed by atoms with Gasteiger partial charge in [-0.2, -0.15) is 0 Å². The van der Waals surface area contributed by atoms with Crippen LogP contribution in [0, 0.1) is 0 Å². The molecule has 0 radical (unpaired) electrons. The van der Waals surface area contributed by atoms with Gasteiger partial charge in [-0.1, -0.05) is 31.9 Å². The van der Waals surface area contributed by atoms with Crippen LogP contribution in [0.4, 0.5) is 5.95 Å². The average molecular weight is 314 g/mol. The first-order valence-electron chi connectivity index (χ1n) is 7.74. The highest BCUT2D eigenvalue weighted by Crippen LogP contribution is 2.29. The van der Waals surface area contributed by atoms with Crippen molar-refractivity contribution in [2.24, 2.45) is 0 Å². The molecule has 1 aromatic carbocycles. The van der Waals surface area contributed by atoms with Gasteiger partial charge in [0.2, 0.25) is 5.95 Å². The zero-order valence-electron chi connectivity index (χ0n) is 13.5. The summed E-state index contributed by atoms with van der Waals surface area (Å²) in [5.41, 5.74) is 7.33. The lowest BCUT2D eigenvalue weighted by molar-refractivity contribution is 0.0958. The van der Waals surface area contributed by atoms with Gasteiger partial charge in [0.25, 0.3) is 5.91 Å². The second-order valence-corrected chi connectivity index (χ2v) is 5.13. The van der Waals surface area contributed by atoms with Gasteiger partial charge in [0.1, 0.15) is 11.4 Å². The fourth-order valence-corrected chi connectivity index (χ4v) is 2.19. The fraction of sp³-hybridized carbons (Fsp3) is 0.353. The molecule has 0 unspecified atom stereocenters. The first-order valence-corrected chi connectivity index (χ1v) is 7.74. The third-order valence-electron chi connectivity index (χ3n) is 3.37. The Morgan fingerprint density at radius 3 is 2.78 bits per heavy atom. The molecule has 1 heterocycles. The molecule has 0 bridgehead atoms. The Hall–Kier alpha value is -2.63. The molecule has 0 atom stereocenters. The fourth-order valence-electron chi connectivity index (χ4n) is 2.19. The summed E-state index contributed by atoms with van der Waals surface area (Å²) < 4.78 is 5.86. The topological polar surface area (TPSA) is 90.1 Å². The Kier molecular flexibility index (Phi) is 5.91. The molecule has 23 heavy (non-hydrogen) atoms. The average Bonchev–Trinajstić information content (AvgIpc) is 2.57. The van der Waals surface area contributed by atoms with Crippen LogP contribution in [-0.2, 0) is 0 Å². The normalized spacial score (nSPS) is 10.3. The van der Waals surface area contributed by atoms with E-state index < -0.39 is 0 Å². The first-order chi connectivity index (χ1) is 11.2. The number of rotatable bonds is 7. The Balaban J connectivity index is 2.31. The maximum absolute atomic E-state index is 11.8. The van der Waals surface area contributed by atoms with Gasteiger partial charge >= 0.3 is 0 Å². The summed E-state index contributed by atoms with van der Waals surface area (Å²) in [5.74, 6) is 0.480. The lowest BCUT2D eigenvalue weighted by Gasteiger charge is -2.12. The Bertz CT molecular complexity index is 673. The molecule has 2 aromatic rings. The number of amides is 1. The van der Waals surface area contributed by atoms with E-state index >= 15 is 0 Å². The largest absolute Gasteiger partial charge is 0.493 e. The highest BCUT2D eigenvalue weighted by atomic mass is 16.5. The molecular weight excluding hydrogens is 292 g/mol. The molecule has 0 spiro atoms. The molecule has 0 saturated carbocycles. The Morgan fingerprint density at radius 1 is 1.26 bits per heavy atom. The molecule has 0 aliphatic carbocycles. The maximum Gasteiger partial charge on any atom is 0.269 e. The second kappa shape index (κ2) is 8.12. The zero-order valence-corrected chi connectivity index (χ0v) is 13.5. The molecular formula is C17H22N4O2. The second-order valence-electron chi connectivity index (χ2n) is 5.13. The van der Waals surface area contributed by atoms with Crippen molar-refractivity contribution in [3.8, 4) is 17.0 Å². The van der Waals surface area contributed by atoms with Crippen molar-refractivity contribution in [2.45, 2.75) is 26.2 Å².